The molecule has 300 valence electrons. The Morgan fingerprint density at radius 3 is 2.34 bits per heavy atom. The minimum absolute atomic E-state index is 0.0462. The first-order valence-corrected chi connectivity index (χ1v) is 21.3. The number of likely N-dealkylation sites (tertiary alicyclic amines) is 1. The molecule has 6 nitrogen and oxygen atoms in total. The summed E-state index contributed by atoms with van der Waals surface area (Å²) in [7, 11) is 0. The largest absolute Gasteiger partial charge is 0.481 e. The van der Waals surface area contributed by atoms with Gasteiger partial charge in [0.25, 0.3) is 0 Å². The maximum Gasteiger partial charge on any atom is 0.312 e. The number of amides is 1. The maximum absolute atomic E-state index is 14.0. The minimum Gasteiger partial charge on any atom is -0.481 e. The van der Waals surface area contributed by atoms with Crippen molar-refractivity contribution in [2.45, 2.75) is 163 Å². The summed E-state index contributed by atoms with van der Waals surface area (Å²) >= 11 is 0. The number of rotatable bonds is 13. The molecule has 5 aliphatic rings. The summed E-state index contributed by atoms with van der Waals surface area (Å²) in [6.45, 7) is 26.5. The van der Waals surface area contributed by atoms with Gasteiger partial charge >= 0.3 is 5.97 Å². The van der Waals surface area contributed by atoms with E-state index in [9.17, 15) is 24.2 Å². The van der Waals surface area contributed by atoms with Gasteiger partial charge in [0, 0.05) is 18.6 Å². The fourth-order valence-electron chi connectivity index (χ4n) is 12.3. The fraction of sp³-hybridized carbons (Fsp3) is 0.826. The Morgan fingerprint density at radius 1 is 1.09 bits per heavy atom. The van der Waals surface area contributed by atoms with Gasteiger partial charge in [0.1, 0.15) is 6.67 Å². The smallest absolute Gasteiger partial charge is 0.312 e. The molecular formula is C46H75FN2O4. The molecule has 0 spiro atoms. The van der Waals surface area contributed by atoms with Gasteiger partial charge in [0.15, 0.2) is 0 Å². The van der Waals surface area contributed by atoms with Crippen molar-refractivity contribution in [3.8, 4) is 0 Å². The lowest BCUT2D eigenvalue weighted by atomic mass is 9.40. The summed E-state index contributed by atoms with van der Waals surface area (Å²) in [5.41, 5.74) is 2.07. The molecule has 0 aromatic carbocycles. The number of hydrogen-bond donors (Lipinski definition) is 3. The van der Waals surface area contributed by atoms with Gasteiger partial charge in [-0.1, -0.05) is 72.8 Å². The molecule has 1 saturated heterocycles. The number of hydrogen-bond acceptors (Lipinski definition) is 4. The predicted molar refractivity (Wildman–Crippen MR) is 214 cm³/mol. The third-order valence-electron chi connectivity index (χ3n) is 17.1. The highest BCUT2D eigenvalue weighted by Gasteiger charge is 2.65. The van der Waals surface area contributed by atoms with Gasteiger partial charge < -0.3 is 20.4 Å². The molecule has 7 heteroatoms. The van der Waals surface area contributed by atoms with Gasteiger partial charge in [-0.25, -0.2) is 4.39 Å². The molecule has 0 bridgehead atoms. The van der Waals surface area contributed by atoms with Crippen LogP contribution in [-0.2, 0) is 9.59 Å². The van der Waals surface area contributed by atoms with E-state index in [-0.39, 0.29) is 34.1 Å². The maximum atomic E-state index is 14.0. The molecule has 0 aromatic rings. The Hall–Kier alpha value is -1.99. The van der Waals surface area contributed by atoms with Gasteiger partial charge in [0.2, 0.25) is 5.91 Å². The van der Waals surface area contributed by atoms with E-state index in [1.165, 1.54) is 29.6 Å². The number of carboxylic acids is 1. The van der Waals surface area contributed by atoms with Crippen molar-refractivity contribution < 1.29 is 24.2 Å². The zero-order valence-corrected chi connectivity index (χ0v) is 35.0. The van der Waals surface area contributed by atoms with E-state index in [4.69, 9.17) is 0 Å². The SMILES string of the molecule is C=C(C)[C@@H]1CC[C@]2(NCC(=O)N3CCC(C)(O)CC3)CC[C@]3(C)[C@H](CC[C@H](C)[C@@]3(C)CC[C@H](C)C(C)(C)/C(=C\CC)C3=CC[C@](CF)(C(=O)O)CC3)[C@@H]12. The van der Waals surface area contributed by atoms with Crippen LogP contribution in [0, 0.1) is 51.2 Å². The third kappa shape index (κ3) is 7.62. The number of carboxylic acid groups (broad SMARTS) is 1. The van der Waals surface area contributed by atoms with E-state index >= 15 is 0 Å². The van der Waals surface area contributed by atoms with Gasteiger partial charge in [-0.2, -0.15) is 0 Å². The number of aliphatic carboxylic acids is 1. The summed E-state index contributed by atoms with van der Waals surface area (Å²) in [5, 5.41) is 24.2. The van der Waals surface area contributed by atoms with Gasteiger partial charge in [0.05, 0.1) is 17.6 Å². The van der Waals surface area contributed by atoms with Crippen LogP contribution in [0.15, 0.2) is 35.5 Å². The van der Waals surface area contributed by atoms with Crippen molar-refractivity contribution >= 4 is 11.9 Å². The molecule has 9 atom stereocenters. The number of fused-ring (bicyclic) bond motifs is 3. The summed E-state index contributed by atoms with van der Waals surface area (Å²) < 4.78 is 14.0. The third-order valence-corrected chi connectivity index (χ3v) is 17.1. The molecular weight excluding hydrogens is 664 g/mol. The van der Waals surface area contributed by atoms with E-state index in [2.05, 4.69) is 73.4 Å². The number of nitrogens with zero attached hydrogens (tertiary/aromatic N) is 1. The Bertz CT molecular complexity index is 1440. The lowest BCUT2D eigenvalue weighted by Crippen LogP contribution is -2.65. The number of carbonyl (C=O) groups is 2. The van der Waals surface area contributed by atoms with Crippen LogP contribution in [0.1, 0.15) is 152 Å². The fourth-order valence-corrected chi connectivity index (χ4v) is 12.3. The highest BCUT2D eigenvalue weighted by Crippen LogP contribution is 2.70. The molecule has 0 radical (unpaired) electrons. The average molecular weight is 739 g/mol. The lowest BCUT2D eigenvalue weighted by Gasteiger charge is -2.66. The van der Waals surface area contributed by atoms with Gasteiger partial charge in [-0.3, -0.25) is 9.59 Å². The number of aliphatic hydroxyl groups is 1. The van der Waals surface area contributed by atoms with Crippen LogP contribution in [0.2, 0.25) is 0 Å². The van der Waals surface area contributed by atoms with Crippen molar-refractivity contribution in [2.75, 3.05) is 26.3 Å². The van der Waals surface area contributed by atoms with Crippen molar-refractivity contribution in [3.05, 3.63) is 35.5 Å². The molecule has 3 N–H and O–H groups in total. The second kappa shape index (κ2) is 15.5. The van der Waals surface area contributed by atoms with Crippen LogP contribution >= 0.6 is 0 Å². The first-order valence-electron chi connectivity index (χ1n) is 21.3. The molecule has 53 heavy (non-hydrogen) atoms. The normalized spacial score (nSPS) is 38.1. The Morgan fingerprint density at radius 2 is 1.77 bits per heavy atom. The number of allylic oxidation sites excluding steroid dienone is 5. The molecule has 4 aliphatic carbocycles. The number of piperidine rings is 1. The number of carbonyl (C=O) groups excluding carboxylic acids is 1. The molecule has 0 aromatic heterocycles. The van der Waals surface area contributed by atoms with Crippen LogP contribution in [-0.4, -0.2) is 64.4 Å². The molecule has 4 fully saturated rings. The van der Waals surface area contributed by atoms with Crippen molar-refractivity contribution in [1.29, 1.82) is 0 Å². The highest BCUT2D eigenvalue weighted by molar-refractivity contribution is 5.78. The van der Waals surface area contributed by atoms with Crippen molar-refractivity contribution in [2.24, 2.45) is 51.2 Å². The van der Waals surface area contributed by atoms with Crippen LogP contribution in [0.4, 0.5) is 4.39 Å². The Balaban J connectivity index is 1.34. The summed E-state index contributed by atoms with van der Waals surface area (Å²) in [6.07, 6.45) is 17.0. The first-order chi connectivity index (χ1) is 24.7. The molecule has 3 saturated carbocycles. The second-order valence-electron chi connectivity index (χ2n) is 20.2. The topological polar surface area (TPSA) is 89.9 Å². The lowest BCUT2D eigenvalue weighted by molar-refractivity contribution is -0.155. The average Bonchev–Trinajstić information content (AvgIpc) is 3.50. The van der Waals surface area contributed by atoms with E-state index in [0.717, 1.165) is 44.9 Å². The number of alkyl halides is 1. The van der Waals surface area contributed by atoms with Crippen molar-refractivity contribution in [3.63, 3.8) is 0 Å². The minimum atomic E-state index is -1.28. The number of halogens is 1. The van der Waals surface area contributed by atoms with Crippen molar-refractivity contribution in [1.82, 2.24) is 10.2 Å². The Labute approximate surface area is 321 Å². The van der Waals surface area contributed by atoms with E-state index in [0.29, 0.717) is 74.9 Å². The predicted octanol–water partition coefficient (Wildman–Crippen LogP) is 10.1. The zero-order valence-electron chi connectivity index (χ0n) is 35.0. The second-order valence-corrected chi connectivity index (χ2v) is 20.2. The van der Waals surface area contributed by atoms with Crippen LogP contribution < -0.4 is 5.32 Å². The highest BCUT2D eigenvalue weighted by atomic mass is 19.1. The molecule has 0 unspecified atom stereocenters. The van der Waals surface area contributed by atoms with Crippen LogP contribution in [0.25, 0.3) is 0 Å². The molecule has 1 amide bonds. The zero-order chi connectivity index (χ0) is 39.2. The summed E-state index contributed by atoms with van der Waals surface area (Å²) in [5.74, 6) is 1.66. The summed E-state index contributed by atoms with van der Waals surface area (Å²) in [6, 6.07) is 0. The monoisotopic (exact) mass is 739 g/mol. The van der Waals surface area contributed by atoms with E-state index < -0.39 is 23.7 Å². The van der Waals surface area contributed by atoms with E-state index in [1.54, 1.807) is 0 Å². The number of nitrogens with one attached hydrogen (secondary N) is 1. The Kier molecular flexibility index (Phi) is 12.3. The van der Waals surface area contributed by atoms with Crippen LogP contribution in [0.3, 0.4) is 0 Å². The first kappa shape index (κ1) is 42.2. The quantitative estimate of drug-likeness (QED) is 0.164. The molecule has 1 aliphatic heterocycles. The standard InChI is InChI=1S/C46H75FN2O4/c1-11-12-36(34-16-20-45(30-47,21-17-34)40(51)52)41(6,7)32(4)15-19-43(9)33(5)13-14-37-39-35(31(2)3)18-22-46(39,24-23-44(37,43)10)48-29-38(50)49-27-25-42(8,53)26-28-49/h12,16,32-33,35,37,39,48,53H,2,11,13-15,17-30H2,1,3-10H3,(H,51,52)/b36-12-/t32-,33-,35-,37+,39+,43+,44+,45-,46-/m0/s1. The van der Waals surface area contributed by atoms with Gasteiger partial charge in [-0.05, 0) is 161 Å². The van der Waals surface area contributed by atoms with Crippen LogP contribution in [0.5, 0.6) is 0 Å². The van der Waals surface area contributed by atoms with E-state index in [1.807, 2.05) is 17.9 Å². The molecule has 5 rings (SSSR count). The molecule has 1 heterocycles. The summed E-state index contributed by atoms with van der Waals surface area (Å²) in [4.78, 5) is 27.5. The van der Waals surface area contributed by atoms with Gasteiger partial charge in [-0.15, -0.1) is 0 Å².